The van der Waals surface area contributed by atoms with Crippen molar-refractivity contribution in [3.05, 3.63) is 60.3 Å². The molecular weight excluding hydrogens is 306 g/mol. The third-order valence-corrected chi connectivity index (χ3v) is 3.65. The van der Waals surface area contributed by atoms with Gasteiger partial charge in [0.2, 0.25) is 0 Å². The van der Waals surface area contributed by atoms with Crippen molar-refractivity contribution < 1.29 is 14.7 Å². The number of nitrogens with one attached hydrogen (secondary N) is 3. The van der Waals surface area contributed by atoms with Gasteiger partial charge in [-0.15, -0.1) is 0 Å². The van der Waals surface area contributed by atoms with E-state index in [1.165, 1.54) is 0 Å². The number of amides is 2. The molecule has 0 spiro atoms. The van der Waals surface area contributed by atoms with Crippen molar-refractivity contribution in [1.82, 2.24) is 10.3 Å². The lowest BCUT2D eigenvalue weighted by Gasteiger charge is -2.07. The van der Waals surface area contributed by atoms with Crippen LogP contribution in [0.4, 0.5) is 5.69 Å². The molecule has 2 aromatic carbocycles. The minimum Gasteiger partial charge on any atom is -0.508 e. The first-order valence-electron chi connectivity index (χ1n) is 7.56. The van der Waals surface area contributed by atoms with Gasteiger partial charge >= 0.3 is 11.8 Å². The highest BCUT2D eigenvalue weighted by Crippen LogP contribution is 2.17. The van der Waals surface area contributed by atoms with Gasteiger partial charge in [-0.25, -0.2) is 0 Å². The topological polar surface area (TPSA) is 94.2 Å². The zero-order valence-electron chi connectivity index (χ0n) is 12.9. The van der Waals surface area contributed by atoms with Crippen molar-refractivity contribution in [2.75, 3.05) is 11.9 Å². The molecule has 3 aromatic rings. The van der Waals surface area contributed by atoms with E-state index < -0.39 is 11.8 Å². The number of hydrogen-bond donors (Lipinski definition) is 4. The Kier molecular flexibility index (Phi) is 4.47. The number of phenols is 1. The lowest BCUT2D eigenvalue weighted by Crippen LogP contribution is -2.36. The largest absolute Gasteiger partial charge is 0.508 e. The highest BCUT2D eigenvalue weighted by molar-refractivity contribution is 6.39. The van der Waals surface area contributed by atoms with Crippen molar-refractivity contribution >= 4 is 28.4 Å². The molecule has 0 saturated heterocycles. The maximum Gasteiger partial charge on any atom is 0.313 e. The van der Waals surface area contributed by atoms with Crippen LogP contribution in [0, 0.1) is 0 Å². The summed E-state index contributed by atoms with van der Waals surface area (Å²) in [6, 6.07) is 14.0. The summed E-state index contributed by atoms with van der Waals surface area (Å²) in [6.07, 6.45) is 2.39. The number of fused-ring (bicyclic) bond motifs is 1. The third-order valence-electron chi connectivity index (χ3n) is 3.65. The second-order valence-electron chi connectivity index (χ2n) is 5.41. The first-order chi connectivity index (χ1) is 11.6. The van der Waals surface area contributed by atoms with Gasteiger partial charge in [-0.2, -0.15) is 0 Å². The van der Waals surface area contributed by atoms with E-state index >= 15 is 0 Å². The summed E-state index contributed by atoms with van der Waals surface area (Å²) in [6.45, 7) is 0.340. The fraction of sp³-hybridized carbons (Fsp3) is 0.111. The van der Waals surface area contributed by atoms with Crippen LogP contribution in [0.15, 0.2) is 54.7 Å². The Morgan fingerprint density at radius 3 is 2.58 bits per heavy atom. The molecule has 0 aliphatic rings. The first-order valence-corrected chi connectivity index (χ1v) is 7.56. The van der Waals surface area contributed by atoms with E-state index in [-0.39, 0.29) is 5.75 Å². The number of benzene rings is 2. The molecule has 0 bridgehead atoms. The van der Waals surface area contributed by atoms with E-state index in [4.69, 9.17) is 0 Å². The summed E-state index contributed by atoms with van der Waals surface area (Å²) in [5.41, 5.74) is 2.41. The normalized spacial score (nSPS) is 10.5. The molecule has 0 atom stereocenters. The van der Waals surface area contributed by atoms with Gasteiger partial charge in [-0.05, 0) is 47.7 Å². The van der Waals surface area contributed by atoms with Crippen LogP contribution in [0.3, 0.4) is 0 Å². The van der Waals surface area contributed by atoms with Crippen LogP contribution in [0.5, 0.6) is 5.75 Å². The number of phenolic OH excluding ortho intramolecular Hbond substituents is 1. The Labute approximate surface area is 138 Å². The minimum atomic E-state index is -0.702. The van der Waals surface area contributed by atoms with Crippen molar-refractivity contribution in [3.63, 3.8) is 0 Å². The molecular formula is C18H17N3O3. The van der Waals surface area contributed by atoms with Crippen molar-refractivity contribution in [2.24, 2.45) is 0 Å². The van der Waals surface area contributed by atoms with Gasteiger partial charge in [-0.3, -0.25) is 9.59 Å². The molecule has 24 heavy (non-hydrogen) atoms. The molecule has 6 nitrogen and oxygen atoms in total. The zero-order chi connectivity index (χ0) is 16.9. The van der Waals surface area contributed by atoms with Crippen LogP contribution in [0.25, 0.3) is 10.9 Å². The van der Waals surface area contributed by atoms with E-state index in [1.807, 2.05) is 18.3 Å². The average Bonchev–Trinajstić information content (AvgIpc) is 3.04. The lowest BCUT2D eigenvalue weighted by atomic mass is 10.1. The molecule has 6 heteroatoms. The van der Waals surface area contributed by atoms with Crippen molar-refractivity contribution in [1.29, 1.82) is 0 Å². The Morgan fingerprint density at radius 1 is 1.00 bits per heavy atom. The van der Waals surface area contributed by atoms with E-state index in [1.54, 1.807) is 36.4 Å². The van der Waals surface area contributed by atoms with Gasteiger partial charge in [0.1, 0.15) is 5.75 Å². The van der Waals surface area contributed by atoms with Gasteiger partial charge in [0, 0.05) is 23.9 Å². The summed E-state index contributed by atoms with van der Waals surface area (Å²) < 4.78 is 0. The lowest BCUT2D eigenvalue weighted by molar-refractivity contribution is -0.136. The van der Waals surface area contributed by atoms with Crippen LogP contribution in [-0.4, -0.2) is 28.4 Å². The molecule has 122 valence electrons. The minimum absolute atomic E-state index is 0.196. The number of aromatic hydroxyl groups is 1. The van der Waals surface area contributed by atoms with E-state index in [9.17, 15) is 14.7 Å². The van der Waals surface area contributed by atoms with Crippen LogP contribution >= 0.6 is 0 Å². The molecule has 0 aliphatic heterocycles. The van der Waals surface area contributed by atoms with Gasteiger partial charge in [0.05, 0.1) is 0 Å². The number of aromatic amines is 1. The van der Waals surface area contributed by atoms with Crippen molar-refractivity contribution in [2.45, 2.75) is 6.42 Å². The Morgan fingerprint density at radius 2 is 1.79 bits per heavy atom. The fourth-order valence-corrected chi connectivity index (χ4v) is 2.38. The highest BCUT2D eigenvalue weighted by atomic mass is 16.3. The van der Waals surface area contributed by atoms with Gasteiger partial charge in [0.15, 0.2) is 0 Å². The fourth-order valence-electron chi connectivity index (χ4n) is 2.38. The molecule has 0 unspecified atom stereocenters. The van der Waals surface area contributed by atoms with E-state index in [0.29, 0.717) is 18.7 Å². The Balaban J connectivity index is 1.50. The second kappa shape index (κ2) is 6.87. The standard InChI is InChI=1S/C18H17N3O3/c22-15-5-1-12(2-6-15)7-9-20-17(23)18(24)21-14-4-3-13-8-10-19-16(13)11-14/h1-6,8,10-11,19,22H,7,9H2,(H,20,23)(H,21,24). The quantitative estimate of drug-likeness (QED) is 0.554. The maximum atomic E-state index is 11.9. The van der Waals surface area contributed by atoms with Crippen molar-refractivity contribution in [3.8, 4) is 5.75 Å². The number of anilines is 1. The zero-order valence-corrected chi connectivity index (χ0v) is 12.9. The van der Waals surface area contributed by atoms with E-state index in [2.05, 4.69) is 15.6 Å². The predicted octanol–water partition coefficient (Wildman–Crippen LogP) is 2.17. The molecule has 0 fully saturated rings. The SMILES string of the molecule is O=C(NCCc1ccc(O)cc1)C(=O)Nc1ccc2cc[nH]c2c1. The van der Waals surface area contributed by atoms with Gasteiger partial charge in [0.25, 0.3) is 0 Å². The third kappa shape index (κ3) is 3.73. The van der Waals surface area contributed by atoms with Crippen LogP contribution in [0.1, 0.15) is 5.56 Å². The molecule has 1 heterocycles. The summed E-state index contributed by atoms with van der Waals surface area (Å²) >= 11 is 0. The number of aromatic nitrogens is 1. The second-order valence-corrected chi connectivity index (χ2v) is 5.41. The number of rotatable bonds is 4. The van der Waals surface area contributed by atoms with Crippen LogP contribution < -0.4 is 10.6 Å². The summed E-state index contributed by atoms with van der Waals surface area (Å²) in [7, 11) is 0. The monoisotopic (exact) mass is 323 g/mol. The predicted molar refractivity (Wildman–Crippen MR) is 91.7 cm³/mol. The Hall–Kier alpha value is -3.28. The number of carbonyl (C=O) groups is 2. The maximum absolute atomic E-state index is 11.9. The number of hydrogen-bond acceptors (Lipinski definition) is 3. The van der Waals surface area contributed by atoms with Crippen LogP contribution in [0.2, 0.25) is 0 Å². The molecule has 2 amide bonds. The molecule has 4 N–H and O–H groups in total. The summed E-state index contributed by atoms with van der Waals surface area (Å²) in [4.78, 5) is 26.8. The molecule has 3 rings (SSSR count). The van der Waals surface area contributed by atoms with E-state index in [0.717, 1.165) is 16.5 Å². The van der Waals surface area contributed by atoms with Gasteiger partial charge in [-0.1, -0.05) is 18.2 Å². The molecule has 0 radical (unpaired) electrons. The summed E-state index contributed by atoms with van der Waals surface area (Å²) in [5.74, 6) is -1.19. The number of carbonyl (C=O) groups excluding carboxylic acids is 2. The Bertz CT molecular complexity index is 869. The molecule has 0 saturated carbocycles. The first kappa shape index (κ1) is 15.6. The smallest absolute Gasteiger partial charge is 0.313 e. The van der Waals surface area contributed by atoms with Crippen LogP contribution in [-0.2, 0) is 16.0 Å². The molecule has 1 aromatic heterocycles. The average molecular weight is 323 g/mol. The highest BCUT2D eigenvalue weighted by Gasteiger charge is 2.13. The van der Waals surface area contributed by atoms with Gasteiger partial charge < -0.3 is 20.7 Å². The summed E-state index contributed by atoms with van der Waals surface area (Å²) in [5, 5.41) is 15.4. The number of H-pyrrole nitrogens is 1. The molecule has 0 aliphatic carbocycles.